The number of carbonyl (C=O) groups is 17. The summed E-state index contributed by atoms with van der Waals surface area (Å²) in [5, 5.41) is 70.6. The summed E-state index contributed by atoms with van der Waals surface area (Å²) in [6, 6.07) is 20.3. The predicted octanol–water partition coefficient (Wildman–Crippen LogP) is 4.79. The molecule has 3 aromatic carbocycles. The molecule has 11 N–H and O–H groups in total. The summed E-state index contributed by atoms with van der Waals surface area (Å²) in [4.78, 5) is 237. The number of ketones is 3. The number of fused-ring (bicyclic) bond motifs is 12. The number of benzene rings is 3. The second-order valence-corrected chi connectivity index (χ2v) is 38.6. The van der Waals surface area contributed by atoms with E-state index in [1.54, 1.807) is 4.90 Å². The Kier molecular flexibility index (Phi) is 52.4. The molecule has 47 heteroatoms. The number of carboxylic acid groups (broad SMARTS) is 5. The number of nitrogens with zero attached hydrogens (tertiary/aromatic N) is 8. The zero-order valence-electron chi connectivity index (χ0n) is 80.6. The van der Waals surface area contributed by atoms with Crippen LogP contribution in [0.1, 0.15) is 172 Å². The number of carbonyl (C=O) groups excluding carboxylic acids is 12. The molecule has 4 aliphatic rings. The number of aromatic nitrogens is 3. The lowest BCUT2D eigenvalue weighted by Gasteiger charge is -2.33. The molecule has 0 radical (unpaired) electrons. The first kappa shape index (κ1) is 117. The van der Waals surface area contributed by atoms with Gasteiger partial charge in [0.15, 0.2) is 0 Å². The van der Waals surface area contributed by atoms with Gasteiger partial charge in [-0.1, -0.05) is 66.2 Å². The minimum Gasteiger partial charge on any atom is -0.481 e. The van der Waals surface area contributed by atoms with Crippen LogP contribution in [0.25, 0.3) is 22.5 Å². The first-order chi connectivity index (χ1) is 68.6. The topological polar surface area (TPSA) is 610 Å². The van der Waals surface area contributed by atoms with Crippen LogP contribution in [0.5, 0.6) is 0 Å². The second kappa shape index (κ2) is 64.0. The molecule has 0 aliphatic carbocycles. The molecule has 8 rings (SSSR count). The van der Waals surface area contributed by atoms with Gasteiger partial charge in [-0.2, -0.15) is 0 Å². The molecule has 0 saturated carbocycles. The summed E-state index contributed by atoms with van der Waals surface area (Å²) in [6.45, 7) is 3.49. The minimum absolute atomic E-state index is 0.00713. The maximum Gasteiger partial charge on any atom is 0.412 e. The van der Waals surface area contributed by atoms with E-state index in [9.17, 15) is 111 Å². The van der Waals surface area contributed by atoms with Gasteiger partial charge in [0.25, 0.3) is 0 Å². The number of aryl methyl sites for hydroxylation is 2. The number of hydrogen-bond acceptors (Lipinski definition) is 32. The predicted molar refractivity (Wildman–Crippen MR) is 519 cm³/mol. The Morgan fingerprint density at radius 2 is 0.972 bits per heavy atom. The van der Waals surface area contributed by atoms with Gasteiger partial charge < -0.3 is 99.6 Å². The van der Waals surface area contributed by atoms with Crippen molar-refractivity contribution in [1.29, 1.82) is 0 Å². The van der Waals surface area contributed by atoms with Crippen LogP contribution in [-0.2, 0) is 143 Å². The lowest BCUT2D eigenvalue weighted by atomic mass is 9.94. The summed E-state index contributed by atoms with van der Waals surface area (Å²) >= 11 is 2.22. The highest BCUT2D eigenvalue weighted by Crippen LogP contribution is 2.45. The number of para-hydroxylation sites is 1. The van der Waals surface area contributed by atoms with E-state index in [4.69, 9.17) is 42.8 Å². The third-order valence-electron chi connectivity index (χ3n) is 24.3. The van der Waals surface area contributed by atoms with E-state index in [1.807, 2.05) is 97.1 Å². The van der Waals surface area contributed by atoms with Gasteiger partial charge in [-0.15, -0.1) is 5.10 Å². The molecule has 1 aromatic heterocycles. The maximum atomic E-state index is 14.3. The van der Waals surface area contributed by atoms with Gasteiger partial charge in [-0.3, -0.25) is 96.1 Å². The average Bonchev–Trinajstić information content (AvgIpc) is 1.65. The molecule has 4 aliphatic heterocycles. The molecular weight excluding hydrogens is 2000 g/mol. The van der Waals surface area contributed by atoms with Crippen molar-refractivity contribution in [2.75, 3.05) is 169 Å². The Morgan fingerprint density at radius 1 is 0.455 bits per heavy atom. The van der Waals surface area contributed by atoms with Crippen molar-refractivity contribution in [2.24, 2.45) is 17.8 Å². The zero-order chi connectivity index (χ0) is 103. The van der Waals surface area contributed by atoms with E-state index < -0.39 is 159 Å². The van der Waals surface area contributed by atoms with Crippen molar-refractivity contribution in [3.63, 3.8) is 0 Å². The molecule has 4 bridgehead atoms. The van der Waals surface area contributed by atoms with Crippen molar-refractivity contribution in [1.82, 2.24) is 61.2 Å². The van der Waals surface area contributed by atoms with Crippen molar-refractivity contribution in [3.05, 3.63) is 87.5 Å². The maximum absolute atomic E-state index is 14.3. The van der Waals surface area contributed by atoms with Crippen LogP contribution in [0.2, 0.25) is 0 Å². The summed E-state index contributed by atoms with van der Waals surface area (Å²) in [6.07, 6.45) is 0.0568. The summed E-state index contributed by atoms with van der Waals surface area (Å²) in [5.41, 5.74) is 5.37. The van der Waals surface area contributed by atoms with E-state index in [0.717, 1.165) is 32.4 Å². The number of Topliss-reactive ketones (excluding diaryl/α,β-unsaturated/α-hetero) is 3. The fourth-order valence-electron chi connectivity index (χ4n) is 16.3. The first-order valence-corrected chi connectivity index (χ1v) is 51.5. The van der Waals surface area contributed by atoms with Gasteiger partial charge in [0.05, 0.1) is 115 Å². The fraction of sp³-hybridized carbons (Fsp3) is 0.615. The Morgan fingerprint density at radius 3 is 1.59 bits per heavy atom. The molecule has 143 heavy (non-hydrogen) atoms. The van der Waals surface area contributed by atoms with Gasteiger partial charge in [0, 0.05) is 176 Å². The molecule has 788 valence electrons. The molecule has 3 saturated heterocycles. The number of halogens is 1. The standard InChI is InChI=1S/C96H135IN13O32P/c97-71-29-24-66(25-30-71)14-10-23-80(114)98-38-9-7-20-78(95(131)132)102-91(124)67(26-32-81(115)99-37-8-1-2-16-73(112)59-68(92(125)126)27-33-82(116)101-77(94(129)130)21-12-50-139-143(133,134)65-70(93(127)128)28-35-85(119)120)58-74(113)36-51-136-53-55-138-57-56-137-54-52-135-49-11-17-72(111)31-34-84(118)109-60-69-15-3-4-18-75(69)90-89(76-19-5-6-22-79(76)109)103-104-110(90)40-13-39-100-83(117)61-105-41-43-106-45-47-108-48-46-107(44-42-105)63-87(122)141-96(140-86(121)62-106)142-88(123)64-108/h3-6,15,18-19,22,24-25,29-30,67-68,70,77-78,96H,1-2,7-14,16-17,20-21,23,26-28,31-65H2,(H,98,114)(H,99,115)(H,100,117)(H,101,116)(H,102,124)(H,119,120)(H,125,126)(H,127,128)(H,129,130)(H,131,132)(H,133,134)/t67?,68-,70?,77+,78?/m1/s1. The highest BCUT2D eigenvalue weighted by Gasteiger charge is 2.37. The third kappa shape index (κ3) is 45.4. The number of carboxylic acids is 5. The molecule has 6 unspecified atom stereocenters. The number of hydrogen-bond donors (Lipinski definition) is 11. The molecule has 45 nitrogen and oxygen atoms in total. The van der Waals surface area contributed by atoms with Gasteiger partial charge in [0.2, 0.25) is 35.4 Å². The van der Waals surface area contributed by atoms with Gasteiger partial charge >= 0.3 is 61.8 Å². The second-order valence-electron chi connectivity index (χ2n) is 35.5. The Labute approximate surface area is 842 Å². The molecule has 4 aromatic rings. The Balaban J connectivity index is 0.692. The SMILES string of the molecule is O=C(O)CCC(CP(=O)(O)OCCC[C@H](NC(=O)CC[C@H](CC(=O)CCCCCNC(=O)CCC(CC(=O)CCOCCOCCOCCOCCCC(=O)CCC(=O)N1Cc2ccccc2-c2c(nnn2CCCNC(=O)CN2CCN3CCN4CCN(CC2)CC(=O)OC(OC(=O)C3)OC(=O)C4)-c2ccccc21)C(=O)NC(CCCCNC(=O)CCCc1ccc(I)cc1)C(=O)O)C(=O)O)C(=O)O)C(=O)O. The number of nitrogens with one attached hydrogen (secondary N) is 5. The van der Waals surface area contributed by atoms with Gasteiger partial charge in [-0.25, -0.2) is 14.3 Å². The summed E-state index contributed by atoms with van der Waals surface area (Å²) in [7, 11) is -4.55. The first-order valence-electron chi connectivity index (χ1n) is 48.6. The van der Waals surface area contributed by atoms with Crippen molar-refractivity contribution in [2.45, 2.75) is 199 Å². The number of esters is 3. The molecule has 0 spiro atoms. The third-order valence-corrected chi connectivity index (χ3v) is 26.5. The quantitative estimate of drug-likeness (QED) is 0.0122. The van der Waals surface area contributed by atoms with Crippen LogP contribution in [-0.4, -0.2) is 348 Å². The molecule has 8 atom stereocenters. The Hall–Kier alpha value is -11.1. The molecular formula is C96H135IN13O32P. The zero-order valence-corrected chi connectivity index (χ0v) is 83.6. The normalized spacial score (nSPS) is 17.5. The number of rotatable bonds is 67. The minimum atomic E-state index is -4.55. The van der Waals surface area contributed by atoms with Crippen LogP contribution in [0, 0.1) is 21.3 Å². The lowest BCUT2D eigenvalue weighted by molar-refractivity contribution is -0.258. The highest BCUT2D eigenvalue weighted by molar-refractivity contribution is 14.1. The molecule has 6 amide bonds. The molecule has 5 heterocycles. The largest absolute Gasteiger partial charge is 0.481 e. The van der Waals surface area contributed by atoms with Gasteiger partial charge in [0.1, 0.15) is 35.1 Å². The van der Waals surface area contributed by atoms with Crippen LogP contribution in [0.15, 0.2) is 72.8 Å². The number of aliphatic carboxylic acids is 5. The van der Waals surface area contributed by atoms with Crippen molar-refractivity contribution < 1.29 is 154 Å². The van der Waals surface area contributed by atoms with Crippen LogP contribution >= 0.6 is 30.2 Å². The summed E-state index contributed by atoms with van der Waals surface area (Å²) in [5.74, 6) is -16.7. The van der Waals surface area contributed by atoms with E-state index >= 15 is 0 Å². The number of ether oxygens (including phenoxy) is 7. The van der Waals surface area contributed by atoms with Crippen LogP contribution in [0.4, 0.5) is 5.69 Å². The smallest absolute Gasteiger partial charge is 0.412 e. The van der Waals surface area contributed by atoms with Crippen LogP contribution < -0.4 is 31.5 Å². The summed E-state index contributed by atoms with van der Waals surface area (Å²) < 4.78 is 58.8. The monoisotopic (exact) mass is 2140 g/mol. The fourth-order valence-corrected chi connectivity index (χ4v) is 18.1. The molecule has 3 fully saturated rings. The van der Waals surface area contributed by atoms with E-state index in [2.05, 4.69) is 59.5 Å². The van der Waals surface area contributed by atoms with E-state index in [0.29, 0.717) is 140 Å². The van der Waals surface area contributed by atoms with E-state index in [-0.39, 0.29) is 199 Å². The highest BCUT2D eigenvalue weighted by atomic mass is 127. The van der Waals surface area contributed by atoms with Crippen molar-refractivity contribution in [3.8, 4) is 22.5 Å². The number of amides is 6. The number of anilines is 1. The Bertz CT molecular complexity index is 4900. The average molecular weight is 2140 g/mol. The van der Waals surface area contributed by atoms with Gasteiger partial charge in [-0.05, 0) is 142 Å². The lowest BCUT2D eigenvalue weighted by Crippen LogP contribution is -2.50. The van der Waals surface area contributed by atoms with Crippen molar-refractivity contribution >= 4 is 136 Å². The van der Waals surface area contributed by atoms with E-state index in [1.165, 1.54) is 0 Å². The van der Waals surface area contributed by atoms with Crippen LogP contribution in [0.3, 0.4) is 0 Å². The number of unbranched alkanes of at least 4 members (excludes halogenated alkanes) is 3.